The molecule has 0 bridgehead atoms. The first-order valence-electron chi connectivity index (χ1n) is 32.2. The average molecular weight is 1250 g/mol. The van der Waals surface area contributed by atoms with Gasteiger partial charge in [0.2, 0.25) is 0 Å². The van der Waals surface area contributed by atoms with Gasteiger partial charge in [0.25, 0.3) is 5.69 Å². The van der Waals surface area contributed by atoms with Gasteiger partial charge < -0.3 is 24.1 Å². The van der Waals surface area contributed by atoms with Gasteiger partial charge in [0, 0.05) is 48.6 Å². The number of benzene rings is 8. The van der Waals surface area contributed by atoms with Crippen LogP contribution in [-0.2, 0) is 16.0 Å². The van der Waals surface area contributed by atoms with Crippen LogP contribution >= 0.6 is 0 Å². The Balaban J connectivity index is 0.000000226. The van der Waals surface area contributed by atoms with Gasteiger partial charge in [0.1, 0.15) is 23.0 Å². The molecule has 0 aromatic heterocycles. The second-order valence-corrected chi connectivity index (χ2v) is 21.9. The average Bonchev–Trinajstić information content (AvgIpc) is 2.50. The minimum atomic E-state index is -0.462. The molecule has 1 unspecified atom stereocenters. The largest absolute Gasteiger partial charge is 0.507 e. The molecule has 484 valence electrons. The number of esters is 1. The predicted octanol–water partition coefficient (Wildman–Crippen LogP) is 20.5. The number of carbonyl (C=O) groups excluding carboxylic acids is 1. The number of nitriles is 1. The van der Waals surface area contributed by atoms with E-state index in [2.05, 4.69) is 78.0 Å². The van der Waals surface area contributed by atoms with Crippen molar-refractivity contribution >= 4 is 65.3 Å². The summed E-state index contributed by atoms with van der Waals surface area (Å²) in [6.45, 7) is 12.6. The molecular formula is C79H90N6O8. The standard InChI is InChI=1S/C22H26N2O.C22H25NO3.C22H29NO.C13H10N2O3/c1-2-3-4-5-6-7-16-25-22-14-10-20(11-15-22)18-24-21-12-8-19(17-23)9-13-21;1-4-17(2)16-26-22(24)14-9-18-5-10-20(11-6-18)23-15-19-7-12-21(25-3)13-8-19;1-3-5-6-7-8-9-19-10-14-21(15-11-19)23-18-20-12-16-22(17-13-20)24-4-2;16-13-4-2-1-3-10(13)9-14-11-5-7-12(8-6-11)15(17)18/h8-15,18H,2-7,16H2,1H3;5-15,17H,4,16H2,1-3H3;10-18H,3-9H2,1-2H3;1-9,16H/b;14-9+,23-15?;;. The van der Waals surface area contributed by atoms with E-state index in [1.165, 1.54) is 101 Å². The summed E-state index contributed by atoms with van der Waals surface area (Å²) < 4.78 is 21.5. The number of nitro benzene ring substituents is 1. The lowest BCUT2D eigenvalue weighted by molar-refractivity contribution is -0.384. The molecule has 1 atom stereocenters. The Bertz CT molecular complexity index is 3580. The van der Waals surface area contributed by atoms with E-state index in [0.29, 0.717) is 35.9 Å². The lowest BCUT2D eigenvalue weighted by Gasteiger charge is -2.07. The van der Waals surface area contributed by atoms with Crippen LogP contribution in [0.4, 0.5) is 28.4 Å². The Hall–Kier alpha value is -10.3. The first kappa shape index (κ1) is 73.5. The number of ether oxygens (including phenoxy) is 4. The van der Waals surface area contributed by atoms with Crippen molar-refractivity contribution < 1.29 is 33.8 Å². The fourth-order valence-electron chi connectivity index (χ4n) is 8.61. The van der Waals surface area contributed by atoms with E-state index in [0.717, 1.165) is 76.0 Å². The number of phenols is 1. The number of aromatic hydroxyl groups is 1. The van der Waals surface area contributed by atoms with Crippen LogP contribution in [-0.4, -0.2) is 67.8 Å². The van der Waals surface area contributed by atoms with Crippen LogP contribution in [0.15, 0.2) is 220 Å². The van der Waals surface area contributed by atoms with Gasteiger partial charge in [-0.3, -0.25) is 30.1 Å². The van der Waals surface area contributed by atoms with Gasteiger partial charge >= 0.3 is 5.97 Å². The quantitative estimate of drug-likeness (QED) is 0.0110. The molecule has 0 fully saturated rings. The Kier molecular flexibility index (Phi) is 35.0. The normalized spacial score (nSPS) is 11.3. The number of nitro groups is 1. The second kappa shape index (κ2) is 44.2. The summed E-state index contributed by atoms with van der Waals surface area (Å²) >= 11 is 0. The third-order valence-corrected chi connectivity index (χ3v) is 14.4. The maximum absolute atomic E-state index is 11.7. The number of nitrogens with zero attached hydrogens (tertiary/aromatic N) is 6. The highest BCUT2D eigenvalue weighted by molar-refractivity contribution is 5.88. The van der Waals surface area contributed by atoms with Crippen molar-refractivity contribution in [2.24, 2.45) is 25.9 Å². The number of methoxy groups -OCH3 is 1. The van der Waals surface area contributed by atoms with Gasteiger partial charge in [-0.2, -0.15) is 5.26 Å². The molecule has 8 aromatic rings. The van der Waals surface area contributed by atoms with Crippen LogP contribution in [0.5, 0.6) is 23.0 Å². The van der Waals surface area contributed by atoms with E-state index in [-0.39, 0.29) is 17.4 Å². The number of unbranched alkanes of at least 4 members (excludes halogenated alkanes) is 9. The summed E-state index contributed by atoms with van der Waals surface area (Å²) in [6.07, 6.45) is 26.7. The van der Waals surface area contributed by atoms with Gasteiger partial charge in [0.05, 0.1) is 66.2 Å². The molecule has 0 aliphatic carbocycles. The zero-order valence-electron chi connectivity index (χ0n) is 54.8. The highest BCUT2D eigenvalue weighted by atomic mass is 16.6. The summed E-state index contributed by atoms with van der Waals surface area (Å²) in [7, 11) is 1.64. The van der Waals surface area contributed by atoms with E-state index in [1.54, 1.807) is 67.9 Å². The molecule has 8 rings (SSSR count). The molecule has 0 radical (unpaired) electrons. The number of aliphatic imine (C=N–C) groups is 4. The van der Waals surface area contributed by atoms with E-state index >= 15 is 0 Å². The van der Waals surface area contributed by atoms with Crippen molar-refractivity contribution in [2.45, 2.75) is 118 Å². The predicted molar refractivity (Wildman–Crippen MR) is 382 cm³/mol. The molecule has 1 N–H and O–H groups in total. The highest BCUT2D eigenvalue weighted by Gasteiger charge is 2.06. The number of aryl methyl sites for hydroxylation is 1. The maximum atomic E-state index is 11.7. The Morgan fingerprint density at radius 2 is 1.00 bits per heavy atom. The van der Waals surface area contributed by atoms with E-state index in [1.807, 2.05) is 129 Å². The van der Waals surface area contributed by atoms with Crippen molar-refractivity contribution in [1.82, 2.24) is 0 Å². The SMILES string of the molecule is CCC(C)COC(=O)/C=C/c1ccc(N=Cc2ccc(OC)cc2)cc1.CCCCCCCCOc1ccc(C=Nc2ccc(C#N)cc2)cc1.CCCCCCCc1ccc(N=Cc2ccc(OCC)cc2)cc1.O=[N+]([O-])c1ccc(N=Cc2ccccc2O)cc1. The van der Waals surface area contributed by atoms with Gasteiger partial charge in [-0.05, 0) is 212 Å². The van der Waals surface area contributed by atoms with Crippen LogP contribution in [0.25, 0.3) is 6.08 Å². The Morgan fingerprint density at radius 1 is 0.548 bits per heavy atom. The molecule has 93 heavy (non-hydrogen) atoms. The van der Waals surface area contributed by atoms with Crippen LogP contribution in [0.1, 0.15) is 151 Å². The van der Waals surface area contributed by atoms with Crippen molar-refractivity contribution in [2.75, 3.05) is 26.9 Å². The van der Waals surface area contributed by atoms with Crippen LogP contribution < -0.4 is 14.2 Å². The number of carbonyl (C=O) groups is 1. The van der Waals surface area contributed by atoms with Crippen LogP contribution in [0.3, 0.4) is 0 Å². The smallest absolute Gasteiger partial charge is 0.330 e. The molecule has 0 aliphatic heterocycles. The zero-order chi connectivity index (χ0) is 66.5. The van der Waals surface area contributed by atoms with Gasteiger partial charge in [-0.15, -0.1) is 0 Å². The molecule has 0 saturated heterocycles. The summed E-state index contributed by atoms with van der Waals surface area (Å²) in [4.78, 5) is 39.2. The minimum absolute atomic E-state index is 0.0245. The number of hydrogen-bond donors (Lipinski definition) is 1. The molecule has 8 aromatic carbocycles. The number of para-hydroxylation sites is 1. The highest BCUT2D eigenvalue weighted by Crippen LogP contribution is 2.22. The lowest BCUT2D eigenvalue weighted by Crippen LogP contribution is -2.08. The molecule has 0 saturated carbocycles. The number of phenolic OH excluding ortho intramolecular Hbond substituents is 1. The van der Waals surface area contributed by atoms with Crippen molar-refractivity contribution in [3.8, 4) is 29.1 Å². The zero-order valence-corrected chi connectivity index (χ0v) is 54.8. The van der Waals surface area contributed by atoms with Gasteiger partial charge in [0.15, 0.2) is 0 Å². The Morgan fingerprint density at radius 3 is 1.49 bits per heavy atom. The fraction of sp³-hybridized carbons (Fsp3) is 0.291. The number of non-ortho nitro benzene ring substituents is 1. The molecule has 14 nitrogen and oxygen atoms in total. The molecule has 0 heterocycles. The van der Waals surface area contributed by atoms with Crippen LogP contribution in [0.2, 0.25) is 0 Å². The fourth-order valence-corrected chi connectivity index (χ4v) is 8.61. The third-order valence-electron chi connectivity index (χ3n) is 14.4. The molecule has 0 amide bonds. The van der Waals surface area contributed by atoms with E-state index < -0.39 is 4.92 Å². The first-order chi connectivity index (χ1) is 45.4. The number of rotatable bonds is 31. The van der Waals surface area contributed by atoms with Crippen LogP contribution in [0, 0.1) is 27.4 Å². The minimum Gasteiger partial charge on any atom is -0.507 e. The topological polar surface area (TPSA) is 191 Å². The summed E-state index contributed by atoms with van der Waals surface area (Å²) in [5.41, 5.74) is 9.97. The molecular weight excluding hydrogens is 1160 g/mol. The van der Waals surface area contributed by atoms with Crippen molar-refractivity contribution in [3.63, 3.8) is 0 Å². The van der Waals surface area contributed by atoms with E-state index in [4.69, 9.17) is 24.2 Å². The monoisotopic (exact) mass is 1250 g/mol. The number of hydrogen-bond acceptors (Lipinski definition) is 13. The molecule has 0 aliphatic rings. The summed E-state index contributed by atoms with van der Waals surface area (Å²) in [5.74, 6) is 2.84. The first-order valence-corrected chi connectivity index (χ1v) is 32.2. The third kappa shape index (κ3) is 30.9. The van der Waals surface area contributed by atoms with Gasteiger partial charge in [-0.1, -0.05) is 128 Å². The van der Waals surface area contributed by atoms with Crippen molar-refractivity contribution in [1.29, 1.82) is 5.26 Å². The van der Waals surface area contributed by atoms with Crippen molar-refractivity contribution in [3.05, 3.63) is 249 Å². The van der Waals surface area contributed by atoms with E-state index in [9.17, 15) is 20.0 Å². The van der Waals surface area contributed by atoms with Gasteiger partial charge in [-0.25, -0.2) is 4.79 Å². The molecule has 0 spiro atoms. The summed E-state index contributed by atoms with van der Waals surface area (Å²) in [6, 6.07) is 61.9. The second-order valence-electron chi connectivity index (χ2n) is 21.9. The summed E-state index contributed by atoms with van der Waals surface area (Å²) in [5, 5.41) is 28.8. The lowest BCUT2D eigenvalue weighted by atomic mass is 10.1. The Labute approximate surface area is 551 Å². The molecule has 14 heteroatoms. The maximum Gasteiger partial charge on any atom is 0.330 e.